The molecule has 1 heterocycles. The molecule has 0 radical (unpaired) electrons. The summed E-state index contributed by atoms with van der Waals surface area (Å²) in [5.74, 6) is 0.747. The number of rotatable bonds is 7. The van der Waals surface area contributed by atoms with E-state index in [0.29, 0.717) is 31.4 Å². The minimum Gasteiger partial charge on any atom is -0.324 e. The van der Waals surface area contributed by atoms with E-state index in [-0.39, 0.29) is 10.8 Å². The van der Waals surface area contributed by atoms with Crippen molar-refractivity contribution in [3.8, 4) is 0 Å². The second-order valence-corrected chi connectivity index (χ2v) is 10.4. The lowest BCUT2D eigenvalue weighted by Crippen LogP contribution is -3.18. The van der Waals surface area contributed by atoms with E-state index in [4.69, 9.17) is 0 Å². The van der Waals surface area contributed by atoms with Gasteiger partial charge in [0, 0.05) is 24.7 Å². The zero-order chi connectivity index (χ0) is 21.0. The molecule has 0 aromatic heterocycles. The summed E-state index contributed by atoms with van der Waals surface area (Å²) < 4.78 is 27.1. The van der Waals surface area contributed by atoms with E-state index in [1.54, 1.807) is 18.2 Å². The van der Waals surface area contributed by atoms with Crippen molar-refractivity contribution in [1.29, 1.82) is 0 Å². The average Bonchev–Trinajstić information content (AvgIpc) is 2.70. The van der Waals surface area contributed by atoms with Crippen LogP contribution in [-0.4, -0.2) is 50.9 Å². The van der Waals surface area contributed by atoms with Crippen LogP contribution in [0.4, 0.5) is 5.69 Å². The summed E-state index contributed by atoms with van der Waals surface area (Å²) in [6.07, 6.45) is 7.63. The Morgan fingerprint density at radius 2 is 1.83 bits per heavy atom. The molecule has 2 aliphatic rings. The largest absolute Gasteiger partial charge is 0.324 e. The Hall–Kier alpha value is -1.44. The van der Waals surface area contributed by atoms with Gasteiger partial charge in [-0.3, -0.25) is 4.79 Å². The Labute approximate surface area is 175 Å². The predicted molar refractivity (Wildman–Crippen MR) is 116 cm³/mol. The number of benzene rings is 1. The van der Waals surface area contributed by atoms with Crippen LogP contribution < -0.4 is 10.2 Å². The molecule has 3 atom stereocenters. The van der Waals surface area contributed by atoms with Gasteiger partial charge in [-0.25, -0.2) is 8.42 Å². The molecule has 0 spiro atoms. The third-order valence-electron chi connectivity index (χ3n) is 6.72. The smallest absolute Gasteiger partial charge is 0.279 e. The van der Waals surface area contributed by atoms with Gasteiger partial charge in [0.2, 0.25) is 10.0 Å². The fraction of sp³-hybridized carbons (Fsp3) is 0.682. The van der Waals surface area contributed by atoms with Crippen molar-refractivity contribution in [3.05, 3.63) is 23.8 Å². The zero-order valence-electron chi connectivity index (χ0n) is 18.0. The van der Waals surface area contributed by atoms with Gasteiger partial charge in [0.15, 0.2) is 6.54 Å². The van der Waals surface area contributed by atoms with Gasteiger partial charge in [-0.15, -0.1) is 0 Å². The molecule has 0 bridgehead atoms. The first-order chi connectivity index (χ1) is 13.9. The summed E-state index contributed by atoms with van der Waals surface area (Å²) in [6, 6.07) is 5.62. The van der Waals surface area contributed by atoms with Gasteiger partial charge in [-0.05, 0) is 56.7 Å². The lowest BCUT2D eigenvalue weighted by molar-refractivity contribution is -0.928. The zero-order valence-corrected chi connectivity index (χ0v) is 18.9. The number of likely N-dealkylation sites (tertiary alicyclic amines) is 1. The van der Waals surface area contributed by atoms with Crippen LogP contribution in [-0.2, 0) is 14.8 Å². The van der Waals surface area contributed by atoms with Gasteiger partial charge in [0.25, 0.3) is 5.91 Å². The maximum absolute atomic E-state index is 12.8. The summed E-state index contributed by atoms with van der Waals surface area (Å²) in [6.45, 7) is 7.94. The Kier molecular flexibility index (Phi) is 7.35. The van der Waals surface area contributed by atoms with Crippen LogP contribution in [0.15, 0.2) is 23.1 Å². The molecule has 1 aliphatic heterocycles. The summed E-state index contributed by atoms with van der Waals surface area (Å²) in [5.41, 5.74) is 1.47. The molecular formula is C22H36N3O3S+. The van der Waals surface area contributed by atoms with Crippen molar-refractivity contribution in [1.82, 2.24) is 4.31 Å². The Bertz CT molecular complexity index is 819. The highest BCUT2D eigenvalue weighted by Crippen LogP contribution is 2.28. The van der Waals surface area contributed by atoms with Crippen molar-refractivity contribution >= 4 is 21.6 Å². The molecule has 1 amide bonds. The third-order valence-corrected chi connectivity index (χ3v) is 8.77. The SMILES string of the molecule is CCN(CC)S(=O)(=O)c1ccc(C)c(NC(=O)C[NH+]2CCC[C@H]3CCCC[C@@H]32)c1. The predicted octanol–water partition coefficient (Wildman–Crippen LogP) is 2.20. The summed E-state index contributed by atoms with van der Waals surface area (Å²) >= 11 is 0. The third kappa shape index (κ3) is 5.01. The van der Waals surface area contributed by atoms with Gasteiger partial charge in [-0.2, -0.15) is 4.31 Å². The van der Waals surface area contributed by atoms with Crippen LogP contribution in [0.3, 0.4) is 0 Å². The van der Waals surface area contributed by atoms with Crippen LogP contribution in [0.5, 0.6) is 0 Å². The molecule has 1 saturated heterocycles. The topological polar surface area (TPSA) is 70.9 Å². The number of quaternary nitrogens is 1. The lowest BCUT2D eigenvalue weighted by Gasteiger charge is -2.40. The summed E-state index contributed by atoms with van der Waals surface area (Å²) in [7, 11) is -3.54. The molecule has 1 aromatic rings. The quantitative estimate of drug-likeness (QED) is 0.708. The van der Waals surface area contributed by atoms with E-state index in [2.05, 4.69) is 5.32 Å². The maximum Gasteiger partial charge on any atom is 0.279 e. The Balaban J connectivity index is 1.71. The van der Waals surface area contributed by atoms with Crippen molar-refractivity contribution < 1.29 is 18.1 Å². The fourth-order valence-electron chi connectivity index (χ4n) is 5.10. The number of sulfonamides is 1. The normalized spacial score (nSPS) is 24.9. The van der Waals surface area contributed by atoms with Crippen LogP contribution in [0.25, 0.3) is 0 Å². The Morgan fingerprint density at radius 3 is 2.55 bits per heavy atom. The molecule has 2 N–H and O–H groups in total. The van der Waals surface area contributed by atoms with Gasteiger partial charge in [-0.1, -0.05) is 26.3 Å². The number of carbonyl (C=O) groups excluding carboxylic acids is 1. The minimum atomic E-state index is -3.54. The first-order valence-corrected chi connectivity index (χ1v) is 12.6. The standard InChI is InChI=1S/C22H35N3O3S/c1-4-25(5-2)29(27,28)19-13-12-17(3)20(15-19)23-22(26)16-24-14-8-10-18-9-6-7-11-21(18)24/h12-13,15,18,21H,4-11,14,16H2,1-3H3,(H,23,26)/p+1/t18-,21+/m1/s1. The van der Waals surface area contributed by atoms with Gasteiger partial charge in [0.05, 0.1) is 17.5 Å². The van der Waals surface area contributed by atoms with E-state index < -0.39 is 10.0 Å². The first-order valence-electron chi connectivity index (χ1n) is 11.1. The molecule has 7 heteroatoms. The fourth-order valence-corrected chi connectivity index (χ4v) is 6.58. The number of carbonyl (C=O) groups is 1. The number of amides is 1. The van der Waals surface area contributed by atoms with Crippen molar-refractivity contribution in [2.45, 2.75) is 70.2 Å². The van der Waals surface area contributed by atoms with Crippen molar-refractivity contribution in [2.24, 2.45) is 5.92 Å². The van der Waals surface area contributed by atoms with Gasteiger partial charge >= 0.3 is 0 Å². The number of fused-ring (bicyclic) bond motifs is 1. The molecule has 162 valence electrons. The first kappa shape index (κ1) is 22.2. The van der Waals surface area contributed by atoms with Crippen molar-refractivity contribution in [3.63, 3.8) is 0 Å². The highest BCUT2D eigenvalue weighted by atomic mass is 32.2. The second-order valence-electron chi connectivity index (χ2n) is 8.49. The van der Waals surface area contributed by atoms with Crippen LogP contribution in [0, 0.1) is 12.8 Å². The average molecular weight is 423 g/mol. The molecule has 29 heavy (non-hydrogen) atoms. The number of piperidine rings is 1. The highest BCUT2D eigenvalue weighted by molar-refractivity contribution is 7.89. The molecule has 1 unspecified atom stereocenters. The number of anilines is 1. The van der Waals surface area contributed by atoms with Crippen LogP contribution >= 0.6 is 0 Å². The van der Waals surface area contributed by atoms with E-state index in [1.807, 2.05) is 20.8 Å². The van der Waals surface area contributed by atoms with Crippen LogP contribution in [0.1, 0.15) is 57.9 Å². The molecular weight excluding hydrogens is 386 g/mol. The van der Waals surface area contributed by atoms with Crippen LogP contribution in [0.2, 0.25) is 0 Å². The number of nitrogens with zero attached hydrogens (tertiary/aromatic N) is 1. The molecule has 2 fully saturated rings. The van der Waals surface area contributed by atoms with E-state index in [1.165, 1.54) is 47.7 Å². The number of hydrogen-bond donors (Lipinski definition) is 2. The Morgan fingerprint density at radius 1 is 1.14 bits per heavy atom. The lowest BCUT2D eigenvalue weighted by atomic mass is 9.78. The summed E-state index contributed by atoms with van der Waals surface area (Å²) in [5, 5.41) is 3.00. The highest BCUT2D eigenvalue weighted by Gasteiger charge is 2.37. The maximum atomic E-state index is 12.8. The molecule has 6 nitrogen and oxygen atoms in total. The molecule has 1 saturated carbocycles. The number of nitrogens with one attached hydrogen (secondary N) is 2. The monoisotopic (exact) mass is 422 g/mol. The van der Waals surface area contributed by atoms with E-state index in [9.17, 15) is 13.2 Å². The number of hydrogen-bond acceptors (Lipinski definition) is 3. The van der Waals surface area contributed by atoms with Gasteiger partial charge in [0.1, 0.15) is 0 Å². The molecule has 1 aromatic carbocycles. The minimum absolute atomic E-state index is 0.0216. The van der Waals surface area contributed by atoms with E-state index >= 15 is 0 Å². The second kappa shape index (κ2) is 9.58. The molecule has 1 aliphatic carbocycles. The van der Waals surface area contributed by atoms with Crippen molar-refractivity contribution in [2.75, 3.05) is 31.5 Å². The van der Waals surface area contributed by atoms with Gasteiger partial charge < -0.3 is 10.2 Å². The number of aryl methyl sites for hydroxylation is 1. The summed E-state index contributed by atoms with van der Waals surface area (Å²) in [4.78, 5) is 14.5. The van der Waals surface area contributed by atoms with E-state index in [0.717, 1.165) is 18.0 Å². The molecule has 3 rings (SSSR count).